The molecule has 2 heterocycles. The standard InChI is InChI=1S/C14H23NO/c1-11(12-4-2-5-12)16-10-14-8-7-13-6-3-9-15(13)14/h13-14H,2-10H2,1H3. The van der Waals surface area contributed by atoms with Gasteiger partial charge in [0.1, 0.15) is 6.61 Å². The molecule has 1 aliphatic carbocycles. The van der Waals surface area contributed by atoms with E-state index in [4.69, 9.17) is 4.74 Å². The van der Waals surface area contributed by atoms with Crippen molar-refractivity contribution in [2.45, 2.75) is 64.0 Å². The lowest BCUT2D eigenvalue weighted by Gasteiger charge is -2.26. The Balaban J connectivity index is 1.51. The highest BCUT2D eigenvalue weighted by Crippen LogP contribution is 2.33. The summed E-state index contributed by atoms with van der Waals surface area (Å²) in [5, 5.41) is 0. The summed E-state index contributed by atoms with van der Waals surface area (Å²) >= 11 is 0. The lowest BCUT2D eigenvalue weighted by Crippen LogP contribution is -2.34. The Kier molecular flexibility index (Phi) is 2.93. The first kappa shape index (κ1) is 10.6. The van der Waals surface area contributed by atoms with Crippen LogP contribution in [0.25, 0.3) is 0 Å². The van der Waals surface area contributed by atoms with Gasteiger partial charge in [-0.2, -0.15) is 0 Å². The second kappa shape index (κ2) is 4.40. The van der Waals surface area contributed by atoms with Crippen LogP contribution in [0.4, 0.5) is 0 Å². The lowest BCUT2D eigenvalue weighted by molar-refractivity contribution is 0.119. The molecule has 0 aromatic heterocycles. The minimum Gasteiger partial charge on any atom is -0.497 e. The van der Waals surface area contributed by atoms with Gasteiger partial charge in [-0.05, 0) is 64.0 Å². The molecule has 90 valence electrons. The number of rotatable bonds is 3. The Morgan fingerprint density at radius 3 is 2.88 bits per heavy atom. The van der Waals surface area contributed by atoms with Gasteiger partial charge in [-0.15, -0.1) is 0 Å². The summed E-state index contributed by atoms with van der Waals surface area (Å²) in [6.07, 6.45) is 9.52. The zero-order valence-corrected chi connectivity index (χ0v) is 10.4. The van der Waals surface area contributed by atoms with Crippen LogP contribution in [-0.4, -0.2) is 30.1 Å². The third kappa shape index (κ3) is 1.88. The fraction of sp³-hybridized carbons (Fsp3) is 0.857. The highest BCUT2D eigenvalue weighted by Gasteiger charge is 2.36. The van der Waals surface area contributed by atoms with Crippen molar-refractivity contribution in [3.05, 3.63) is 11.3 Å². The average Bonchev–Trinajstić information content (AvgIpc) is 2.73. The van der Waals surface area contributed by atoms with Crippen molar-refractivity contribution in [2.75, 3.05) is 13.2 Å². The van der Waals surface area contributed by atoms with Gasteiger partial charge in [0, 0.05) is 12.1 Å². The first-order chi connectivity index (χ1) is 7.84. The van der Waals surface area contributed by atoms with E-state index in [-0.39, 0.29) is 0 Å². The summed E-state index contributed by atoms with van der Waals surface area (Å²) in [5.41, 5.74) is 1.57. The predicted molar refractivity (Wildman–Crippen MR) is 65.3 cm³/mol. The van der Waals surface area contributed by atoms with Gasteiger partial charge in [0.2, 0.25) is 0 Å². The fourth-order valence-electron chi connectivity index (χ4n) is 3.41. The van der Waals surface area contributed by atoms with Crippen molar-refractivity contribution in [3.8, 4) is 0 Å². The quantitative estimate of drug-likeness (QED) is 0.679. The molecule has 16 heavy (non-hydrogen) atoms. The topological polar surface area (TPSA) is 12.5 Å². The van der Waals surface area contributed by atoms with Crippen molar-refractivity contribution in [3.63, 3.8) is 0 Å². The predicted octanol–water partition coefficient (Wildman–Crippen LogP) is 3.09. The molecule has 2 nitrogen and oxygen atoms in total. The van der Waals surface area contributed by atoms with Gasteiger partial charge in [0.15, 0.2) is 0 Å². The summed E-state index contributed by atoms with van der Waals surface area (Å²) in [6, 6.07) is 1.60. The fourth-order valence-corrected chi connectivity index (χ4v) is 3.41. The van der Waals surface area contributed by atoms with Gasteiger partial charge in [-0.25, -0.2) is 0 Å². The van der Waals surface area contributed by atoms with E-state index in [0.717, 1.165) is 12.6 Å². The molecule has 0 bridgehead atoms. The second-order valence-corrected chi connectivity index (χ2v) is 5.59. The molecule has 0 spiro atoms. The molecule has 0 N–H and O–H groups in total. The molecule has 0 radical (unpaired) electrons. The second-order valence-electron chi connectivity index (χ2n) is 5.59. The van der Waals surface area contributed by atoms with Gasteiger partial charge in [0.05, 0.1) is 5.76 Å². The van der Waals surface area contributed by atoms with E-state index in [0.29, 0.717) is 6.04 Å². The van der Waals surface area contributed by atoms with Gasteiger partial charge >= 0.3 is 0 Å². The van der Waals surface area contributed by atoms with Crippen LogP contribution in [0.2, 0.25) is 0 Å². The van der Waals surface area contributed by atoms with Crippen molar-refractivity contribution >= 4 is 0 Å². The molecule has 2 atom stereocenters. The molecule has 2 saturated heterocycles. The summed E-state index contributed by atoms with van der Waals surface area (Å²) in [7, 11) is 0. The smallest absolute Gasteiger partial charge is 0.103 e. The molecular weight excluding hydrogens is 198 g/mol. The van der Waals surface area contributed by atoms with Crippen LogP contribution in [0.1, 0.15) is 51.9 Å². The zero-order chi connectivity index (χ0) is 11.0. The van der Waals surface area contributed by atoms with Crippen LogP contribution in [0.15, 0.2) is 11.3 Å². The molecule has 1 saturated carbocycles. The van der Waals surface area contributed by atoms with E-state index in [1.165, 1.54) is 57.2 Å². The van der Waals surface area contributed by atoms with E-state index in [1.54, 1.807) is 5.57 Å². The maximum atomic E-state index is 5.98. The monoisotopic (exact) mass is 221 g/mol. The normalized spacial score (nSPS) is 33.7. The highest BCUT2D eigenvalue weighted by molar-refractivity contribution is 5.13. The van der Waals surface area contributed by atoms with Gasteiger partial charge in [-0.3, -0.25) is 4.90 Å². The van der Waals surface area contributed by atoms with Crippen LogP contribution in [0.5, 0.6) is 0 Å². The molecule has 2 aliphatic heterocycles. The number of nitrogens with zero attached hydrogens (tertiary/aromatic N) is 1. The largest absolute Gasteiger partial charge is 0.497 e. The van der Waals surface area contributed by atoms with E-state index in [9.17, 15) is 0 Å². The maximum Gasteiger partial charge on any atom is 0.103 e. The van der Waals surface area contributed by atoms with E-state index in [1.807, 2.05) is 0 Å². The lowest BCUT2D eigenvalue weighted by atomic mass is 9.91. The summed E-state index contributed by atoms with van der Waals surface area (Å²) < 4.78 is 5.98. The van der Waals surface area contributed by atoms with Crippen molar-refractivity contribution in [1.29, 1.82) is 0 Å². The first-order valence-corrected chi connectivity index (χ1v) is 6.92. The van der Waals surface area contributed by atoms with Gasteiger partial charge in [-0.1, -0.05) is 0 Å². The van der Waals surface area contributed by atoms with E-state index >= 15 is 0 Å². The SMILES string of the molecule is CC(OCC1CCC2CCCN21)=C1CCC1. The van der Waals surface area contributed by atoms with Crippen molar-refractivity contribution < 1.29 is 4.74 Å². The Bertz CT molecular complexity index is 291. The van der Waals surface area contributed by atoms with Crippen molar-refractivity contribution in [2.24, 2.45) is 0 Å². The Hall–Kier alpha value is -0.500. The molecule has 0 aromatic rings. The molecule has 0 aromatic carbocycles. The first-order valence-electron chi connectivity index (χ1n) is 6.92. The van der Waals surface area contributed by atoms with Crippen LogP contribution < -0.4 is 0 Å². The van der Waals surface area contributed by atoms with Gasteiger partial charge < -0.3 is 4.74 Å². The van der Waals surface area contributed by atoms with Crippen LogP contribution in [0.3, 0.4) is 0 Å². The minimum absolute atomic E-state index is 0.711. The Morgan fingerprint density at radius 1 is 1.25 bits per heavy atom. The van der Waals surface area contributed by atoms with E-state index in [2.05, 4.69) is 11.8 Å². The number of hydrogen-bond acceptors (Lipinski definition) is 2. The highest BCUT2D eigenvalue weighted by atomic mass is 16.5. The number of allylic oxidation sites excluding steroid dienone is 2. The summed E-state index contributed by atoms with van der Waals surface area (Å²) in [4.78, 5) is 2.69. The number of hydrogen-bond donors (Lipinski definition) is 0. The third-order valence-electron chi connectivity index (χ3n) is 4.67. The number of ether oxygens (including phenoxy) is 1. The van der Waals surface area contributed by atoms with Crippen LogP contribution in [0, 0.1) is 0 Å². The Labute approximate surface area is 98.6 Å². The molecule has 3 rings (SSSR count). The average molecular weight is 221 g/mol. The molecule has 2 heteroatoms. The molecule has 0 amide bonds. The van der Waals surface area contributed by atoms with Crippen LogP contribution in [-0.2, 0) is 4.74 Å². The molecular formula is C14H23NO. The maximum absolute atomic E-state index is 5.98. The molecule has 3 fully saturated rings. The zero-order valence-electron chi connectivity index (χ0n) is 10.4. The van der Waals surface area contributed by atoms with E-state index < -0.39 is 0 Å². The third-order valence-corrected chi connectivity index (χ3v) is 4.67. The molecule has 2 unspecified atom stereocenters. The Morgan fingerprint density at radius 2 is 2.12 bits per heavy atom. The van der Waals surface area contributed by atoms with Gasteiger partial charge in [0.25, 0.3) is 0 Å². The summed E-state index contributed by atoms with van der Waals surface area (Å²) in [6.45, 7) is 4.41. The van der Waals surface area contributed by atoms with Crippen molar-refractivity contribution in [1.82, 2.24) is 4.90 Å². The van der Waals surface area contributed by atoms with Crippen LogP contribution >= 0.6 is 0 Å². The summed E-state index contributed by atoms with van der Waals surface area (Å²) in [5.74, 6) is 1.23. The minimum atomic E-state index is 0.711. The number of fused-ring (bicyclic) bond motifs is 1. The molecule has 3 aliphatic rings.